The largest absolute Gasteiger partial charge is 0.416 e. The van der Waals surface area contributed by atoms with E-state index in [9.17, 15) is 21.6 Å². The second kappa shape index (κ2) is 6.93. The predicted octanol–water partition coefficient (Wildman–Crippen LogP) is 4.29. The van der Waals surface area contributed by atoms with Gasteiger partial charge in [-0.2, -0.15) is 13.2 Å². The molecule has 1 atom stereocenters. The number of halogens is 4. The smallest absolute Gasteiger partial charge is 0.224 e. The summed E-state index contributed by atoms with van der Waals surface area (Å²) in [5, 5.41) is 0.800. The number of hydrogen-bond acceptors (Lipinski definition) is 2. The Balaban J connectivity index is 2.78. The van der Waals surface area contributed by atoms with Crippen molar-refractivity contribution in [3.05, 3.63) is 29.8 Å². The lowest BCUT2D eigenvalue weighted by Crippen LogP contribution is -2.11. The molecule has 0 saturated heterocycles. The molecule has 0 aliphatic heterocycles. The van der Waals surface area contributed by atoms with E-state index in [4.69, 9.17) is 0 Å². The molecule has 0 bridgehead atoms. The Kier molecular flexibility index (Phi) is 6.06. The van der Waals surface area contributed by atoms with Crippen LogP contribution < -0.4 is 0 Å². The zero-order valence-electron chi connectivity index (χ0n) is 11.0. The topological polar surface area (TPSA) is 34.1 Å². The molecule has 0 heterocycles. The fourth-order valence-corrected chi connectivity index (χ4v) is 3.94. The van der Waals surface area contributed by atoms with Gasteiger partial charge in [0.15, 0.2) is 9.84 Å². The van der Waals surface area contributed by atoms with Gasteiger partial charge in [0, 0.05) is 5.33 Å². The van der Waals surface area contributed by atoms with Gasteiger partial charge in [-0.1, -0.05) is 22.9 Å². The number of hydrogen-bond donors (Lipinski definition) is 0. The van der Waals surface area contributed by atoms with Crippen LogP contribution in [0.2, 0.25) is 0 Å². The van der Waals surface area contributed by atoms with Gasteiger partial charge in [0.25, 0.3) is 0 Å². The minimum Gasteiger partial charge on any atom is -0.224 e. The van der Waals surface area contributed by atoms with Crippen LogP contribution in [0.3, 0.4) is 0 Å². The molecule has 0 spiro atoms. The Labute approximate surface area is 125 Å². The van der Waals surface area contributed by atoms with Gasteiger partial charge in [0.2, 0.25) is 0 Å². The fourth-order valence-electron chi connectivity index (χ4n) is 1.66. The lowest BCUT2D eigenvalue weighted by atomic mass is 10.1. The van der Waals surface area contributed by atoms with Gasteiger partial charge < -0.3 is 0 Å². The van der Waals surface area contributed by atoms with Crippen LogP contribution in [0, 0.1) is 5.92 Å². The molecule has 0 amide bonds. The minimum atomic E-state index is -4.45. The van der Waals surface area contributed by atoms with Gasteiger partial charge in [-0.15, -0.1) is 0 Å². The van der Waals surface area contributed by atoms with Crippen LogP contribution in [0.25, 0.3) is 0 Å². The van der Waals surface area contributed by atoms with E-state index in [0.29, 0.717) is 6.42 Å². The van der Waals surface area contributed by atoms with Gasteiger partial charge in [0.1, 0.15) is 0 Å². The monoisotopic (exact) mass is 372 g/mol. The molecule has 114 valence electrons. The lowest BCUT2D eigenvalue weighted by Gasteiger charge is -2.11. The third kappa shape index (κ3) is 5.09. The maximum absolute atomic E-state index is 12.4. The summed E-state index contributed by atoms with van der Waals surface area (Å²) in [5.74, 6) is 0.200. The van der Waals surface area contributed by atoms with Crippen molar-refractivity contribution < 1.29 is 21.6 Å². The van der Waals surface area contributed by atoms with Crippen molar-refractivity contribution in [2.75, 3.05) is 11.1 Å². The second-order valence-corrected chi connectivity index (χ2v) is 7.61. The van der Waals surface area contributed by atoms with E-state index in [1.165, 1.54) is 0 Å². The summed E-state index contributed by atoms with van der Waals surface area (Å²) in [4.78, 5) is -0.0588. The zero-order valence-corrected chi connectivity index (χ0v) is 13.4. The molecule has 7 heteroatoms. The van der Waals surface area contributed by atoms with E-state index >= 15 is 0 Å². The standard InChI is InChI=1S/C13H16BrF3O2S/c1-10(6-8-14)7-9-20(18,19)12-4-2-11(3-5-12)13(15,16)17/h2-5,10H,6-9H2,1H3. The fraction of sp³-hybridized carbons (Fsp3) is 0.538. The van der Waals surface area contributed by atoms with Crippen molar-refractivity contribution in [2.24, 2.45) is 5.92 Å². The highest BCUT2D eigenvalue weighted by Gasteiger charge is 2.30. The van der Waals surface area contributed by atoms with Gasteiger partial charge in [-0.3, -0.25) is 0 Å². The molecule has 2 nitrogen and oxygen atoms in total. The summed E-state index contributed by atoms with van der Waals surface area (Å²) < 4.78 is 61.2. The van der Waals surface area contributed by atoms with Crippen molar-refractivity contribution in [2.45, 2.75) is 30.8 Å². The van der Waals surface area contributed by atoms with E-state index < -0.39 is 21.6 Å². The summed E-state index contributed by atoms with van der Waals surface area (Å²) in [7, 11) is -3.52. The minimum absolute atomic E-state index is 0.0491. The highest BCUT2D eigenvalue weighted by Crippen LogP contribution is 2.30. The van der Waals surface area contributed by atoms with Gasteiger partial charge in [-0.25, -0.2) is 8.42 Å². The highest BCUT2D eigenvalue weighted by molar-refractivity contribution is 9.09. The second-order valence-electron chi connectivity index (χ2n) is 4.71. The first-order valence-electron chi connectivity index (χ1n) is 6.13. The van der Waals surface area contributed by atoms with Gasteiger partial charge in [0.05, 0.1) is 16.2 Å². The van der Waals surface area contributed by atoms with Crippen LogP contribution in [-0.2, 0) is 16.0 Å². The van der Waals surface area contributed by atoms with E-state index in [1.807, 2.05) is 6.92 Å². The Morgan fingerprint density at radius 2 is 1.70 bits per heavy atom. The molecule has 0 saturated carbocycles. The molecule has 0 N–H and O–H groups in total. The maximum atomic E-state index is 12.4. The Morgan fingerprint density at radius 1 is 1.15 bits per heavy atom. The predicted molar refractivity (Wildman–Crippen MR) is 75.7 cm³/mol. The highest BCUT2D eigenvalue weighted by atomic mass is 79.9. The van der Waals surface area contributed by atoms with Crippen LogP contribution in [0.4, 0.5) is 13.2 Å². The van der Waals surface area contributed by atoms with Crippen molar-refractivity contribution in [1.82, 2.24) is 0 Å². The molecule has 0 aliphatic rings. The molecule has 1 aromatic carbocycles. The van der Waals surface area contributed by atoms with Crippen molar-refractivity contribution in [1.29, 1.82) is 0 Å². The molecule has 1 unspecified atom stereocenters. The first-order chi connectivity index (χ1) is 9.16. The average molecular weight is 373 g/mol. The van der Waals surface area contributed by atoms with E-state index in [2.05, 4.69) is 15.9 Å². The molecule has 1 rings (SSSR count). The molecular weight excluding hydrogens is 357 g/mol. The number of alkyl halides is 4. The summed E-state index contributed by atoms with van der Waals surface area (Å²) in [6.45, 7) is 1.95. The van der Waals surface area contributed by atoms with Gasteiger partial charge >= 0.3 is 6.18 Å². The molecular formula is C13H16BrF3O2S. The SMILES string of the molecule is CC(CCBr)CCS(=O)(=O)c1ccc(C(F)(F)F)cc1. The Morgan fingerprint density at radius 3 is 2.15 bits per heavy atom. The summed E-state index contributed by atoms with van der Waals surface area (Å²) >= 11 is 3.29. The van der Waals surface area contributed by atoms with E-state index in [-0.39, 0.29) is 16.6 Å². The zero-order chi connectivity index (χ0) is 15.4. The Bertz CT molecular complexity index is 524. The third-order valence-electron chi connectivity index (χ3n) is 3.02. The lowest BCUT2D eigenvalue weighted by molar-refractivity contribution is -0.137. The normalized spacial score (nSPS) is 14.2. The quantitative estimate of drug-likeness (QED) is 0.698. The number of sulfone groups is 1. The average Bonchev–Trinajstić information content (AvgIpc) is 2.36. The summed E-state index contributed by atoms with van der Waals surface area (Å²) in [6, 6.07) is 3.64. The summed E-state index contributed by atoms with van der Waals surface area (Å²) in [5.41, 5.74) is -0.843. The van der Waals surface area contributed by atoms with Crippen molar-refractivity contribution in [3.63, 3.8) is 0 Å². The first-order valence-corrected chi connectivity index (χ1v) is 8.90. The number of benzene rings is 1. The maximum Gasteiger partial charge on any atom is 0.416 e. The van der Waals surface area contributed by atoms with Crippen molar-refractivity contribution in [3.8, 4) is 0 Å². The van der Waals surface area contributed by atoms with E-state index in [0.717, 1.165) is 36.0 Å². The van der Waals surface area contributed by atoms with Crippen LogP contribution in [0.1, 0.15) is 25.3 Å². The third-order valence-corrected chi connectivity index (χ3v) is 5.24. The van der Waals surface area contributed by atoms with Crippen LogP contribution in [0.5, 0.6) is 0 Å². The first kappa shape index (κ1) is 17.5. The van der Waals surface area contributed by atoms with Crippen molar-refractivity contribution >= 4 is 25.8 Å². The summed E-state index contributed by atoms with van der Waals surface area (Å²) in [6.07, 6.45) is -3.09. The molecule has 0 fully saturated rings. The molecule has 0 aromatic heterocycles. The number of rotatable bonds is 6. The van der Waals surface area contributed by atoms with Crippen LogP contribution >= 0.6 is 15.9 Å². The van der Waals surface area contributed by atoms with Gasteiger partial charge in [-0.05, 0) is 43.0 Å². The van der Waals surface area contributed by atoms with E-state index in [1.54, 1.807) is 0 Å². The Hall–Kier alpha value is -0.560. The van der Waals surface area contributed by atoms with Crippen LogP contribution in [-0.4, -0.2) is 19.5 Å². The van der Waals surface area contributed by atoms with Crippen LogP contribution in [0.15, 0.2) is 29.2 Å². The molecule has 1 aromatic rings. The molecule has 0 radical (unpaired) electrons. The molecule has 0 aliphatic carbocycles. The molecule has 20 heavy (non-hydrogen) atoms.